The predicted molar refractivity (Wildman–Crippen MR) is 61.5 cm³/mol. The molecule has 0 saturated heterocycles. The van der Waals surface area contributed by atoms with Crippen LogP contribution >= 0.6 is 0 Å². The van der Waals surface area contributed by atoms with Gasteiger partial charge in [-0.2, -0.15) is 5.10 Å². The normalized spacial score (nSPS) is 11.2. The maximum atomic E-state index is 4.22. The van der Waals surface area contributed by atoms with E-state index in [1.165, 1.54) is 12.8 Å². The molecule has 1 heterocycles. The van der Waals surface area contributed by atoms with E-state index in [9.17, 15) is 0 Å². The Balaban J connectivity index is 2.31. The molecule has 0 atom stereocenters. The number of nitrogens with zero attached hydrogens (tertiary/aromatic N) is 3. The molecule has 4 nitrogen and oxygen atoms in total. The first-order valence-corrected chi connectivity index (χ1v) is 5.89. The van der Waals surface area contributed by atoms with E-state index in [0.717, 1.165) is 31.4 Å². The Morgan fingerprint density at radius 1 is 1.33 bits per heavy atom. The van der Waals surface area contributed by atoms with Gasteiger partial charge in [0.15, 0.2) is 0 Å². The van der Waals surface area contributed by atoms with Gasteiger partial charge < -0.3 is 5.32 Å². The van der Waals surface area contributed by atoms with Crippen molar-refractivity contribution in [3.63, 3.8) is 0 Å². The van der Waals surface area contributed by atoms with Crippen LogP contribution in [-0.4, -0.2) is 21.3 Å². The molecule has 1 rings (SSSR count). The number of rotatable bonds is 7. The molecule has 0 fully saturated rings. The molecular formula is C11H22N4. The summed E-state index contributed by atoms with van der Waals surface area (Å²) in [6.07, 6.45) is 4.10. The molecule has 4 heteroatoms. The van der Waals surface area contributed by atoms with Gasteiger partial charge in [-0.15, -0.1) is 0 Å². The molecule has 0 amide bonds. The third-order valence-electron chi connectivity index (χ3n) is 2.87. The minimum absolute atomic E-state index is 0.781. The van der Waals surface area contributed by atoms with Crippen molar-refractivity contribution in [1.82, 2.24) is 20.1 Å². The molecule has 0 bridgehead atoms. The summed E-state index contributed by atoms with van der Waals surface area (Å²) in [7, 11) is 0. The standard InChI is InChI=1S/C11H22N4/c1-4-10(5-2)7-12-8-11-13-9-14-15(11)6-3/h9-10,12H,4-8H2,1-3H3. The van der Waals surface area contributed by atoms with E-state index in [1.54, 1.807) is 6.33 Å². The van der Waals surface area contributed by atoms with Gasteiger partial charge in [0.05, 0.1) is 6.54 Å². The Labute approximate surface area is 92.1 Å². The maximum Gasteiger partial charge on any atom is 0.140 e. The van der Waals surface area contributed by atoms with Gasteiger partial charge in [0.1, 0.15) is 12.2 Å². The Bertz CT molecular complexity index is 265. The van der Waals surface area contributed by atoms with Gasteiger partial charge in [0, 0.05) is 6.54 Å². The zero-order valence-corrected chi connectivity index (χ0v) is 10.0. The SMILES string of the molecule is CCC(CC)CNCc1ncnn1CC. The summed E-state index contributed by atoms with van der Waals surface area (Å²) >= 11 is 0. The first-order chi connectivity index (χ1) is 7.31. The minimum atomic E-state index is 0.781. The average molecular weight is 210 g/mol. The topological polar surface area (TPSA) is 42.7 Å². The molecule has 15 heavy (non-hydrogen) atoms. The number of aryl methyl sites for hydroxylation is 1. The zero-order chi connectivity index (χ0) is 11.1. The summed E-state index contributed by atoms with van der Waals surface area (Å²) < 4.78 is 1.93. The Kier molecular flexibility index (Phi) is 5.32. The zero-order valence-electron chi connectivity index (χ0n) is 10.0. The van der Waals surface area contributed by atoms with Crippen LogP contribution in [-0.2, 0) is 13.1 Å². The third kappa shape index (κ3) is 3.63. The molecule has 0 spiro atoms. The van der Waals surface area contributed by atoms with E-state index >= 15 is 0 Å². The van der Waals surface area contributed by atoms with Crippen LogP contribution in [0.5, 0.6) is 0 Å². The smallest absolute Gasteiger partial charge is 0.140 e. The minimum Gasteiger partial charge on any atom is -0.310 e. The lowest BCUT2D eigenvalue weighted by molar-refractivity contribution is 0.440. The Morgan fingerprint density at radius 2 is 2.07 bits per heavy atom. The van der Waals surface area contributed by atoms with Crippen LogP contribution in [0.15, 0.2) is 6.33 Å². The second-order valence-electron chi connectivity index (χ2n) is 3.81. The Hall–Kier alpha value is -0.900. The van der Waals surface area contributed by atoms with Gasteiger partial charge >= 0.3 is 0 Å². The van der Waals surface area contributed by atoms with Crippen molar-refractivity contribution in [1.29, 1.82) is 0 Å². The number of aromatic nitrogens is 3. The average Bonchev–Trinajstić information content (AvgIpc) is 2.72. The molecular weight excluding hydrogens is 188 g/mol. The highest BCUT2D eigenvalue weighted by Crippen LogP contribution is 2.05. The van der Waals surface area contributed by atoms with Gasteiger partial charge in [-0.25, -0.2) is 9.67 Å². The van der Waals surface area contributed by atoms with E-state index in [2.05, 4.69) is 36.2 Å². The van der Waals surface area contributed by atoms with E-state index in [0.29, 0.717) is 0 Å². The van der Waals surface area contributed by atoms with Crippen LogP contribution in [0.3, 0.4) is 0 Å². The van der Waals surface area contributed by atoms with Gasteiger partial charge in [0.25, 0.3) is 0 Å². The molecule has 0 aliphatic heterocycles. The van der Waals surface area contributed by atoms with Gasteiger partial charge in [0.2, 0.25) is 0 Å². The van der Waals surface area contributed by atoms with Crippen LogP contribution in [0.4, 0.5) is 0 Å². The van der Waals surface area contributed by atoms with Crippen molar-refractivity contribution in [2.75, 3.05) is 6.54 Å². The number of hydrogen-bond acceptors (Lipinski definition) is 3. The van der Waals surface area contributed by atoms with Gasteiger partial charge in [-0.05, 0) is 19.4 Å². The quantitative estimate of drug-likeness (QED) is 0.746. The molecule has 0 saturated carbocycles. The van der Waals surface area contributed by atoms with Crippen LogP contribution in [0, 0.1) is 5.92 Å². The third-order valence-corrected chi connectivity index (χ3v) is 2.87. The lowest BCUT2D eigenvalue weighted by atomic mass is 10.0. The van der Waals surface area contributed by atoms with Crippen LogP contribution in [0.2, 0.25) is 0 Å². The molecule has 0 aliphatic rings. The van der Waals surface area contributed by atoms with Crippen molar-refractivity contribution >= 4 is 0 Å². The maximum absolute atomic E-state index is 4.22. The summed E-state index contributed by atoms with van der Waals surface area (Å²) in [4.78, 5) is 4.22. The van der Waals surface area contributed by atoms with Crippen molar-refractivity contribution < 1.29 is 0 Å². The highest BCUT2D eigenvalue weighted by atomic mass is 15.3. The fraction of sp³-hybridized carbons (Fsp3) is 0.818. The molecule has 0 unspecified atom stereocenters. The van der Waals surface area contributed by atoms with Crippen molar-refractivity contribution in [3.8, 4) is 0 Å². The lowest BCUT2D eigenvalue weighted by Gasteiger charge is -2.12. The van der Waals surface area contributed by atoms with E-state index in [4.69, 9.17) is 0 Å². The van der Waals surface area contributed by atoms with Gasteiger partial charge in [-0.1, -0.05) is 26.7 Å². The second-order valence-corrected chi connectivity index (χ2v) is 3.81. The highest BCUT2D eigenvalue weighted by molar-refractivity contribution is 4.83. The molecule has 0 aromatic carbocycles. The van der Waals surface area contributed by atoms with Crippen LogP contribution < -0.4 is 5.32 Å². The van der Waals surface area contributed by atoms with Crippen molar-refractivity contribution in [2.45, 2.75) is 46.7 Å². The molecule has 1 aromatic rings. The van der Waals surface area contributed by atoms with E-state index in [1.807, 2.05) is 4.68 Å². The summed E-state index contributed by atoms with van der Waals surface area (Å²) in [5.74, 6) is 1.81. The van der Waals surface area contributed by atoms with E-state index < -0.39 is 0 Å². The highest BCUT2D eigenvalue weighted by Gasteiger charge is 2.05. The van der Waals surface area contributed by atoms with Crippen LogP contribution in [0.25, 0.3) is 0 Å². The van der Waals surface area contributed by atoms with Crippen LogP contribution in [0.1, 0.15) is 39.4 Å². The van der Waals surface area contributed by atoms with Crippen molar-refractivity contribution in [3.05, 3.63) is 12.2 Å². The first kappa shape index (κ1) is 12.2. The number of nitrogens with one attached hydrogen (secondary N) is 1. The fourth-order valence-electron chi connectivity index (χ4n) is 1.65. The van der Waals surface area contributed by atoms with Crippen molar-refractivity contribution in [2.24, 2.45) is 5.92 Å². The summed E-state index contributed by atoms with van der Waals surface area (Å²) in [6, 6.07) is 0. The molecule has 0 aliphatic carbocycles. The largest absolute Gasteiger partial charge is 0.310 e. The van der Waals surface area contributed by atoms with Gasteiger partial charge in [-0.3, -0.25) is 0 Å². The lowest BCUT2D eigenvalue weighted by Crippen LogP contribution is -2.23. The Morgan fingerprint density at radius 3 is 2.67 bits per heavy atom. The summed E-state index contributed by atoms with van der Waals surface area (Å²) in [5, 5.41) is 7.58. The second kappa shape index (κ2) is 6.56. The molecule has 0 radical (unpaired) electrons. The number of hydrogen-bond donors (Lipinski definition) is 1. The molecule has 86 valence electrons. The fourth-order valence-corrected chi connectivity index (χ4v) is 1.65. The summed E-state index contributed by atoms with van der Waals surface area (Å²) in [5.41, 5.74) is 0. The molecule has 1 N–H and O–H groups in total. The van der Waals surface area contributed by atoms with E-state index in [-0.39, 0.29) is 0 Å². The molecule has 1 aromatic heterocycles. The predicted octanol–water partition coefficient (Wildman–Crippen LogP) is 1.82. The summed E-state index contributed by atoms with van der Waals surface area (Å²) in [6.45, 7) is 9.35. The monoisotopic (exact) mass is 210 g/mol. The first-order valence-electron chi connectivity index (χ1n) is 5.89.